The van der Waals surface area contributed by atoms with Gasteiger partial charge >= 0.3 is 0 Å². The number of benzene rings is 2. The number of hydrogen-bond donors (Lipinski definition) is 1. The number of hydrogen-bond acceptors (Lipinski definition) is 3. The second-order valence-corrected chi connectivity index (χ2v) is 6.20. The molecule has 0 spiro atoms. The summed E-state index contributed by atoms with van der Waals surface area (Å²) in [4.78, 5) is 0. The standard InChI is InChI=1S/C20H27NO2/c1-15(2)14-23-19-11-10-17(12-20(19)22-4)13-21-16(3)18-8-6-5-7-9-18/h5-12,15-16,21H,13-14H2,1-4H3/t16-/m0/s1. The van der Waals surface area contributed by atoms with Gasteiger partial charge in [-0.1, -0.05) is 50.2 Å². The second-order valence-electron chi connectivity index (χ2n) is 6.20. The van der Waals surface area contributed by atoms with Gasteiger partial charge in [0.05, 0.1) is 13.7 Å². The van der Waals surface area contributed by atoms with Crippen molar-refractivity contribution in [3.8, 4) is 11.5 Å². The van der Waals surface area contributed by atoms with Gasteiger partial charge in [-0.2, -0.15) is 0 Å². The Hall–Kier alpha value is -2.00. The van der Waals surface area contributed by atoms with Crippen molar-refractivity contribution >= 4 is 0 Å². The van der Waals surface area contributed by atoms with Crippen LogP contribution in [0.5, 0.6) is 11.5 Å². The molecule has 3 heteroatoms. The first kappa shape index (κ1) is 17.4. The summed E-state index contributed by atoms with van der Waals surface area (Å²) in [7, 11) is 1.68. The Labute approximate surface area is 139 Å². The number of methoxy groups -OCH3 is 1. The average Bonchev–Trinajstić information content (AvgIpc) is 2.58. The minimum Gasteiger partial charge on any atom is -0.493 e. The van der Waals surface area contributed by atoms with Gasteiger partial charge in [-0.05, 0) is 36.1 Å². The molecule has 2 aromatic rings. The van der Waals surface area contributed by atoms with Crippen molar-refractivity contribution in [1.82, 2.24) is 5.32 Å². The van der Waals surface area contributed by atoms with Crippen molar-refractivity contribution in [1.29, 1.82) is 0 Å². The molecule has 0 aromatic heterocycles. The lowest BCUT2D eigenvalue weighted by Gasteiger charge is -2.16. The van der Waals surface area contributed by atoms with Crippen molar-refractivity contribution in [2.24, 2.45) is 5.92 Å². The predicted octanol–water partition coefficient (Wildman–Crippen LogP) is 4.58. The lowest BCUT2D eigenvalue weighted by atomic mass is 10.1. The molecule has 2 aromatic carbocycles. The Balaban J connectivity index is 1.97. The van der Waals surface area contributed by atoms with Crippen LogP contribution in [0.15, 0.2) is 48.5 Å². The highest BCUT2D eigenvalue weighted by Gasteiger charge is 2.08. The fraction of sp³-hybridized carbons (Fsp3) is 0.400. The molecule has 1 N–H and O–H groups in total. The molecule has 0 heterocycles. The van der Waals surface area contributed by atoms with Crippen LogP contribution < -0.4 is 14.8 Å². The normalized spacial score (nSPS) is 12.2. The summed E-state index contributed by atoms with van der Waals surface area (Å²) < 4.78 is 11.3. The third kappa shape index (κ3) is 5.29. The smallest absolute Gasteiger partial charge is 0.161 e. The topological polar surface area (TPSA) is 30.5 Å². The fourth-order valence-corrected chi connectivity index (χ4v) is 2.33. The maximum Gasteiger partial charge on any atom is 0.161 e. The van der Waals surface area contributed by atoms with Crippen LogP contribution in [-0.2, 0) is 6.54 Å². The Morgan fingerprint density at radius 2 is 1.70 bits per heavy atom. The van der Waals surface area contributed by atoms with Gasteiger partial charge < -0.3 is 14.8 Å². The Morgan fingerprint density at radius 3 is 2.35 bits per heavy atom. The molecule has 0 aliphatic heterocycles. The maximum absolute atomic E-state index is 5.79. The largest absolute Gasteiger partial charge is 0.493 e. The van der Waals surface area contributed by atoms with Crippen LogP contribution in [-0.4, -0.2) is 13.7 Å². The van der Waals surface area contributed by atoms with Crippen molar-refractivity contribution < 1.29 is 9.47 Å². The lowest BCUT2D eigenvalue weighted by molar-refractivity contribution is 0.256. The average molecular weight is 313 g/mol. The Kier molecular flexibility index (Phi) is 6.48. The zero-order valence-electron chi connectivity index (χ0n) is 14.5. The summed E-state index contributed by atoms with van der Waals surface area (Å²) in [6.45, 7) is 7.92. The summed E-state index contributed by atoms with van der Waals surface area (Å²) in [5.41, 5.74) is 2.47. The van der Waals surface area contributed by atoms with E-state index in [1.165, 1.54) is 11.1 Å². The van der Waals surface area contributed by atoms with Crippen LogP contribution in [0.2, 0.25) is 0 Å². The van der Waals surface area contributed by atoms with E-state index in [0.717, 1.165) is 18.0 Å². The summed E-state index contributed by atoms with van der Waals surface area (Å²) in [5, 5.41) is 3.54. The molecular formula is C20H27NO2. The summed E-state index contributed by atoms with van der Waals surface area (Å²) in [6.07, 6.45) is 0. The summed E-state index contributed by atoms with van der Waals surface area (Å²) in [6, 6.07) is 16.9. The number of ether oxygens (including phenoxy) is 2. The molecule has 2 rings (SSSR count). The van der Waals surface area contributed by atoms with E-state index < -0.39 is 0 Å². The highest BCUT2D eigenvalue weighted by Crippen LogP contribution is 2.28. The quantitative estimate of drug-likeness (QED) is 0.773. The van der Waals surface area contributed by atoms with E-state index in [4.69, 9.17) is 9.47 Å². The molecule has 23 heavy (non-hydrogen) atoms. The molecular weight excluding hydrogens is 286 g/mol. The van der Waals surface area contributed by atoms with Crippen LogP contribution in [0.25, 0.3) is 0 Å². The first-order valence-corrected chi connectivity index (χ1v) is 8.18. The lowest BCUT2D eigenvalue weighted by Crippen LogP contribution is -2.18. The van der Waals surface area contributed by atoms with E-state index in [0.29, 0.717) is 18.6 Å². The van der Waals surface area contributed by atoms with Crippen LogP contribution in [0.1, 0.15) is 37.9 Å². The third-order valence-electron chi connectivity index (χ3n) is 3.71. The van der Waals surface area contributed by atoms with Crippen molar-refractivity contribution in [2.45, 2.75) is 33.4 Å². The van der Waals surface area contributed by atoms with Crippen LogP contribution in [0.3, 0.4) is 0 Å². The molecule has 0 amide bonds. The molecule has 0 bridgehead atoms. The molecule has 0 fully saturated rings. The van der Waals surface area contributed by atoms with Gasteiger partial charge in [-0.3, -0.25) is 0 Å². The van der Waals surface area contributed by atoms with Crippen LogP contribution in [0, 0.1) is 5.92 Å². The molecule has 0 radical (unpaired) electrons. The van der Waals surface area contributed by atoms with Crippen molar-refractivity contribution in [3.05, 3.63) is 59.7 Å². The SMILES string of the molecule is COc1cc(CN[C@@H](C)c2ccccc2)ccc1OCC(C)C. The van der Waals surface area contributed by atoms with Gasteiger partial charge in [0, 0.05) is 12.6 Å². The van der Waals surface area contributed by atoms with E-state index in [2.05, 4.69) is 56.4 Å². The van der Waals surface area contributed by atoms with Crippen molar-refractivity contribution in [3.63, 3.8) is 0 Å². The fourth-order valence-electron chi connectivity index (χ4n) is 2.33. The minimum atomic E-state index is 0.305. The van der Waals surface area contributed by atoms with E-state index in [-0.39, 0.29) is 0 Å². The molecule has 124 valence electrons. The number of rotatable bonds is 8. The first-order valence-electron chi connectivity index (χ1n) is 8.18. The molecule has 0 unspecified atom stereocenters. The van der Waals surface area contributed by atoms with Gasteiger partial charge in [0.15, 0.2) is 11.5 Å². The minimum absolute atomic E-state index is 0.305. The molecule has 0 saturated carbocycles. The van der Waals surface area contributed by atoms with Gasteiger partial charge in [0.2, 0.25) is 0 Å². The van der Waals surface area contributed by atoms with E-state index >= 15 is 0 Å². The molecule has 3 nitrogen and oxygen atoms in total. The Bertz CT molecular complexity index is 596. The first-order chi connectivity index (χ1) is 11.1. The zero-order chi connectivity index (χ0) is 16.7. The monoisotopic (exact) mass is 313 g/mol. The number of nitrogens with one attached hydrogen (secondary N) is 1. The zero-order valence-corrected chi connectivity index (χ0v) is 14.5. The summed E-state index contributed by atoms with van der Waals surface area (Å²) >= 11 is 0. The van der Waals surface area contributed by atoms with Gasteiger partial charge in [0.25, 0.3) is 0 Å². The molecule has 0 aliphatic rings. The third-order valence-corrected chi connectivity index (χ3v) is 3.71. The summed E-state index contributed by atoms with van der Waals surface area (Å²) in [5.74, 6) is 2.09. The maximum atomic E-state index is 5.79. The second kappa shape index (κ2) is 8.59. The highest BCUT2D eigenvalue weighted by atomic mass is 16.5. The molecule has 0 aliphatic carbocycles. The van der Waals surface area contributed by atoms with E-state index in [9.17, 15) is 0 Å². The Morgan fingerprint density at radius 1 is 0.957 bits per heavy atom. The van der Waals surface area contributed by atoms with Crippen LogP contribution in [0.4, 0.5) is 0 Å². The predicted molar refractivity (Wildman–Crippen MR) is 95.0 cm³/mol. The van der Waals surface area contributed by atoms with Crippen LogP contribution >= 0.6 is 0 Å². The molecule has 1 atom stereocenters. The van der Waals surface area contributed by atoms with Gasteiger partial charge in [-0.25, -0.2) is 0 Å². The van der Waals surface area contributed by atoms with E-state index in [1.807, 2.05) is 18.2 Å². The highest BCUT2D eigenvalue weighted by molar-refractivity contribution is 5.43. The van der Waals surface area contributed by atoms with Gasteiger partial charge in [-0.15, -0.1) is 0 Å². The van der Waals surface area contributed by atoms with Crippen molar-refractivity contribution in [2.75, 3.05) is 13.7 Å². The van der Waals surface area contributed by atoms with Gasteiger partial charge in [0.1, 0.15) is 0 Å². The molecule has 0 saturated heterocycles. The van der Waals surface area contributed by atoms with E-state index in [1.54, 1.807) is 7.11 Å².